The van der Waals surface area contributed by atoms with Gasteiger partial charge < -0.3 is 23.8 Å². The first-order chi connectivity index (χ1) is 15.5. The van der Waals surface area contributed by atoms with Crippen LogP contribution in [0.15, 0.2) is 0 Å². The summed E-state index contributed by atoms with van der Waals surface area (Å²) in [5.74, 6) is 1.13. The molecular weight excluding hydrogens is 422 g/mol. The van der Waals surface area contributed by atoms with Gasteiger partial charge in [0.25, 0.3) is 0 Å². The van der Waals surface area contributed by atoms with Crippen LogP contribution >= 0.6 is 0 Å². The lowest BCUT2D eigenvalue weighted by atomic mass is 9.75. The molecule has 1 fully saturated rings. The van der Waals surface area contributed by atoms with Gasteiger partial charge in [0.15, 0.2) is 0 Å². The second-order valence-electron chi connectivity index (χ2n) is 11.2. The Morgan fingerprint density at radius 3 is 1.55 bits per heavy atom. The quantitative estimate of drug-likeness (QED) is 0.315. The Kier molecular flexibility index (Phi) is 14.4. The SMILES string of the molecule is CC(C)(C)CC(=O)CCOCCOCCOCCOCCC(=O)N1CCC(C(C)(C)C)CC1. The number of carbonyl (C=O) groups excluding carboxylic acids is 2. The van der Waals surface area contributed by atoms with Crippen molar-refractivity contribution in [1.82, 2.24) is 4.90 Å². The molecule has 7 nitrogen and oxygen atoms in total. The van der Waals surface area contributed by atoms with Crippen LogP contribution in [0.5, 0.6) is 0 Å². The monoisotopic (exact) mass is 471 g/mol. The molecule has 1 heterocycles. The Bertz CT molecular complexity index is 544. The molecule has 0 unspecified atom stereocenters. The van der Waals surface area contributed by atoms with Crippen LogP contribution in [-0.4, -0.2) is 82.5 Å². The fourth-order valence-electron chi connectivity index (χ4n) is 3.94. The molecule has 1 saturated heterocycles. The summed E-state index contributed by atoms with van der Waals surface area (Å²) in [7, 11) is 0. The maximum absolute atomic E-state index is 12.3. The third-order valence-electron chi connectivity index (χ3n) is 5.90. The largest absolute Gasteiger partial charge is 0.379 e. The molecule has 194 valence electrons. The van der Waals surface area contributed by atoms with Crippen molar-refractivity contribution in [3.05, 3.63) is 0 Å². The van der Waals surface area contributed by atoms with E-state index in [1.54, 1.807) is 0 Å². The zero-order valence-corrected chi connectivity index (χ0v) is 22.1. The van der Waals surface area contributed by atoms with Gasteiger partial charge in [-0.2, -0.15) is 0 Å². The average molecular weight is 472 g/mol. The van der Waals surface area contributed by atoms with Crippen molar-refractivity contribution >= 4 is 11.7 Å². The molecule has 0 aromatic carbocycles. The number of carbonyl (C=O) groups is 2. The summed E-state index contributed by atoms with van der Waals surface area (Å²) in [6.45, 7) is 18.6. The number of hydrogen-bond donors (Lipinski definition) is 0. The Morgan fingerprint density at radius 1 is 0.697 bits per heavy atom. The second-order valence-corrected chi connectivity index (χ2v) is 11.2. The van der Waals surface area contributed by atoms with E-state index in [4.69, 9.17) is 18.9 Å². The van der Waals surface area contributed by atoms with Gasteiger partial charge in [0.1, 0.15) is 5.78 Å². The fourth-order valence-corrected chi connectivity index (χ4v) is 3.94. The number of ketones is 1. The van der Waals surface area contributed by atoms with Crippen LogP contribution in [-0.2, 0) is 28.5 Å². The molecule has 0 aromatic heterocycles. The van der Waals surface area contributed by atoms with E-state index in [-0.39, 0.29) is 17.1 Å². The van der Waals surface area contributed by atoms with Gasteiger partial charge in [0.05, 0.1) is 59.3 Å². The van der Waals surface area contributed by atoms with Gasteiger partial charge in [-0.15, -0.1) is 0 Å². The standard InChI is InChI=1S/C26H49NO6/c1-25(2,3)21-23(28)9-13-30-15-17-32-19-20-33-18-16-31-14-10-24(29)27-11-7-22(8-12-27)26(4,5)6/h22H,7-21H2,1-6H3. The molecule has 1 amide bonds. The lowest BCUT2D eigenvalue weighted by Gasteiger charge is -2.38. The van der Waals surface area contributed by atoms with E-state index < -0.39 is 0 Å². The smallest absolute Gasteiger partial charge is 0.224 e. The molecule has 0 spiro atoms. The van der Waals surface area contributed by atoms with E-state index in [1.807, 2.05) is 4.90 Å². The van der Waals surface area contributed by atoms with E-state index in [9.17, 15) is 9.59 Å². The van der Waals surface area contributed by atoms with Crippen LogP contribution in [0.1, 0.15) is 73.6 Å². The normalized spacial score (nSPS) is 15.8. The average Bonchev–Trinajstić information content (AvgIpc) is 2.72. The summed E-state index contributed by atoms with van der Waals surface area (Å²) in [5, 5.41) is 0. The minimum atomic E-state index is 0.0339. The van der Waals surface area contributed by atoms with Crippen LogP contribution in [0.3, 0.4) is 0 Å². The first-order valence-corrected chi connectivity index (χ1v) is 12.6. The van der Waals surface area contributed by atoms with Gasteiger partial charge in [-0.1, -0.05) is 41.5 Å². The van der Waals surface area contributed by atoms with Gasteiger partial charge in [0, 0.05) is 25.9 Å². The Balaban J connectivity index is 1.85. The number of ether oxygens (including phenoxy) is 4. The third-order valence-corrected chi connectivity index (χ3v) is 5.90. The number of piperidine rings is 1. The molecule has 0 N–H and O–H groups in total. The number of rotatable bonds is 16. The van der Waals surface area contributed by atoms with Crippen LogP contribution in [0.2, 0.25) is 0 Å². The van der Waals surface area contributed by atoms with E-state index in [1.165, 1.54) is 0 Å². The third kappa shape index (κ3) is 15.5. The topological polar surface area (TPSA) is 74.3 Å². The van der Waals surface area contributed by atoms with E-state index in [0.29, 0.717) is 83.5 Å². The lowest BCUT2D eigenvalue weighted by molar-refractivity contribution is -0.134. The summed E-state index contributed by atoms with van der Waals surface area (Å²) >= 11 is 0. The van der Waals surface area contributed by atoms with Crippen molar-refractivity contribution in [2.24, 2.45) is 16.7 Å². The second kappa shape index (κ2) is 15.8. The highest BCUT2D eigenvalue weighted by atomic mass is 16.6. The zero-order chi connectivity index (χ0) is 24.7. The number of amides is 1. The van der Waals surface area contributed by atoms with E-state index >= 15 is 0 Å². The molecule has 33 heavy (non-hydrogen) atoms. The number of hydrogen-bond acceptors (Lipinski definition) is 6. The first kappa shape index (κ1) is 30.0. The molecule has 0 radical (unpaired) electrons. The molecule has 0 bridgehead atoms. The number of nitrogens with zero attached hydrogens (tertiary/aromatic N) is 1. The molecule has 0 aromatic rings. The van der Waals surface area contributed by atoms with E-state index in [0.717, 1.165) is 25.9 Å². The predicted molar refractivity (Wildman–Crippen MR) is 130 cm³/mol. The molecule has 1 aliphatic heterocycles. The molecule has 0 atom stereocenters. The van der Waals surface area contributed by atoms with E-state index in [2.05, 4.69) is 41.5 Å². The lowest BCUT2D eigenvalue weighted by Crippen LogP contribution is -2.41. The molecule has 0 aliphatic carbocycles. The van der Waals surface area contributed by atoms with Crippen molar-refractivity contribution in [2.45, 2.75) is 73.6 Å². The summed E-state index contributed by atoms with van der Waals surface area (Å²) in [4.78, 5) is 26.0. The van der Waals surface area contributed by atoms with Crippen LogP contribution < -0.4 is 0 Å². The predicted octanol–water partition coefficient (Wildman–Crippen LogP) is 4.12. The summed E-state index contributed by atoms with van der Waals surface area (Å²) in [5.41, 5.74) is 0.358. The zero-order valence-electron chi connectivity index (χ0n) is 22.1. The highest BCUT2D eigenvalue weighted by Crippen LogP contribution is 2.34. The van der Waals surface area contributed by atoms with Gasteiger partial charge in [-0.25, -0.2) is 0 Å². The van der Waals surface area contributed by atoms with Gasteiger partial charge >= 0.3 is 0 Å². The maximum atomic E-state index is 12.3. The van der Waals surface area contributed by atoms with Gasteiger partial charge in [-0.05, 0) is 29.6 Å². The summed E-state index contributed by atoms with van der Waals surface area (Å²) in [6.07, 6.45) is 3.66. The molecule has 0 saturated carbocycles. The molecule has 7 heteroatoms. The number of Topliss-reactive ketones (excluding diaryl/α,β-unsaturated/α-hetero) is 1. The van der Waals surface area contributed by atoms with Crippen molar-refractivity contribution in [1.29, 1.82) is 0 Å². The van der Waals surface area contributed by atoms with Gasteiger partial charge in [-0.3, -0.25) is 9.59 Å². The van der Waals surface area contributed by atoms with Crippen molar-refractivity contribution in [3.63, 3.8) is 0 Å². The highest BCUT2D eigenvalue weighted by Gasteiger charge is 2.30. The van der Waals surface area contributed by atoms with Crippen LogP contribution in [0.25, 0.3) is 0 Å². The molecule has 1 aliphatic rings. The minimum absolute atomic E-state index is 0.0339. The molecular formula is C26H49NO6. The Hall–Kier alpha value is -1.02. The van der Waals surface area contributed by atoms with Crippen molar-refractivity contribution in [2.75, 3.05) is 65.9 Å². The number of likely N-dealkylation sites (tertiary alicyclic amines) is 1. The van der Waals surface area contributed by atoms with Gasteiger partial charge in [0.2, 0.25) is 5.91 Å². The Morgan fingerprint density at radius 2 is 1.12 bits per heavy atom. The van der Waals surface area contributed by atoms with Crippen molar-refractivity contribution in [3.8, 4) is 0 Å². The molecule has 1 rings (SSSR count). The van der Waals surface area contributed by atoms with Crippen LogP contribution in [0.4, 0.5) is 0 Å². The van der Waals surface area contributed by atoms with Crippen LogP contribution in [0, 0.1) is 16.7 Å². The Labute approximate surface area is 201 Å². The summed E-state index contributed by atoms with van der Waals surface area (Å²) in [6, 6.07) is 0. The minimum Gasteiger partial charge on any atom is -0.379 e. The van der Waals surface area contributed by atoms with Crippen molar-refractivity contribution < 1.29 is 28.5 Å². The summed E-state index contributed by atoms with van der Waals surface area (Å²) < 4.78 is 21.9. The maximum Gasteiger partial charge on any atom is 0.224 e. The first-order valence-electron chi connectivity index (χ1n) is 12.6. The fraction of sp³-hybridized carbons (Fsp3) is 0.923. The highest BCUT2D eigenvalue weighted by molar-refractivity contribution is 5.79.